The van der Waals surface area contributed by atoms with Crippen LogP contribution in [0.1, 0.15) is 12.5 Å². The number of aromatic nitrogens is 4. The van der Waals surface area contributed by atoms with E-state index < -0.39 is 0 Å². The Bertz CT molecular complexity index is 1370. The lowest BCUT2D eigenvalue weighted by Crippen LogP contribution is -2.30. The normalized spacial score (nSPS) is 11.0. The Labute approximate surface area is 184 Å². The Balaban J connectivity index is 1.67. The Kier molecular flexibility index (Phi) is 5.31. The van der Waals surface area contributed by atoms with E-state index in [0.717, 1.165) is 5.56 Å². The summed E-state index contributed by atoms with van der Waals surface area (Å²) in [6.45, 7) is 8.16. The SMILES string of the molecule is C=C(Oc1ccc(-n2c(=O)n(CC)c3c(C)cc[n+]([O-])c32)cc1)N(C)c1ncccc1N. The Hall–Kier alpha value is -4.27. The number of hydrogen-bond acceptors (Lipinski definition) is 6. The van der Waals surface area contributed by atoms with Crippen molar-refractivity contribution < 1.29 is 9.47 Å². The summed E-state index contributed by atoms with van der Waals surface area (Å²) < 4.78 is 9.57. The molecule has 164 valence electrons. The molecule has 4 rings (SSSR count). The summed E-state index contributed by atoms with van der Waals surface area (Å²) in [6.07, 6.45) is 3.05. The number of pyridine rings is 2. The van der Waals surface area contributed by atoms with Gasteiger partial charge in [0.25, 0.3) is 0 Å². The number of fused-ring (bicyclic) bond motifs is 1. The molecule has 0 saturated carbocycles. The minimum atomic E-state index is -0.273. The zero-order valence-electron chi connectivity index (χ0n) is 18.1. The van der Waals surface area contributed by atoms with Gasteiger partial charge in [-0.3, -0.25) is 9.47 Å². The second-order valence-electron chi connectivity index (χ2n) is 7.32. The first kappa shape index (κ1) is 21.0. The van der Waals surface area contributed by atoms with E-state index in [1.165, 1.54) is 10.8 Å². The van der Waals surface area contributed by atoms with Crippen molar-refractivity contribution in [1.82, 2.24) is 14.1 Å². The van der Waals surface area contributed by atoms with Crippen LogP contribution in [0.4, 0.5) is 11.5 Å². The van der Waals surface area contributed by atoms with Crippen molar-refractivity contribution in [2.24, 2.45) is 0 Å². The van der Waals surface area contributed by atoms with Crippen molar-refractivity contribution in [3.8, 4) is 11.4 Å². The predicted molar refractivity (Wildman–Crippen MR) is 124 cm³/mol. The maximum absolute atomic E-state index is 13.1. The highest BCUT2D eigenvalue weighted by Crippen LogP contribution is 2.24. The molecule has 3 heterocycles. The highest BCUT2D eigenvalue weighted by Gasteiger charge is 2.24. The van der Waals surface area contributed by atoms with E-state index in [4.69, 9.17) is 10.5 Å². The van der Waals surface area contributed by atoms with Crippen LogP contribution >= 0.6 is 0 Å². The molecule has 0 fully saturated rings. The topological polar surface area (TPSA) is 105 Å². The third kappa shape index (κ3) is 3.43. The van der Waals surface area contributed by atoms with Gasteiger partial charge in [-0.2, -0.15) is 0 Å². The Morgan fingerprint density at radius 2 is 2.00 bits per heavy atom. The largest absolute Gasteiger partial charge is 0.711 e. The number of ether oxygens (including phenoxy) is 1. The third-order valence-corrected chi connectivity index (χ3v) is 5.31. The summed E-state index contributed by atoms with van der Waals surface area (Å²) in [7, 11) is 1.75. The number of hydrogen-bond donors (Lipinski definition) is 1. The lowest BCUT2D eigenvalue weighted by molar-refractivity contribution is -0.579. The average Bonchev–Trinajstić information content (AvgIpc) is 3.10. The van der Waals surface area contributed by atoms with E-state index in [9.17, 15) is 10.0 Å². The molecule has 0 spiro atoms. The van der Waals surface area contributed by atoms with Crippen molar-refractivity contribution in [2.75, 3.05) is 17.7 Å². The quantitative estimate of drug-likeness (QED) is 0.285. The molecule has 0 aliphatic carbocycles. The number of nitrogens with two attached hydrogens (primary N) is 1. The number of rotatable bonds is 6. The molecule has 0 aliphatic heterocycles. The molecule has 0 bridgehead atoms. The molecule has 0 unspecified atom stereocenters. The van der Waals surface area contributed by atoms with Crippen molar-refractivity contribution in [3.05, 3.63) is 88.6 Å². The summed E-state index contributed by atoms with van der Waals surface area (Å²) in [6, 6.07) is 12.1. The highest BCUT2D eigenvalue weighted by molar-refractivity contribution is 5.74. The van der Waals surface area contributed by atoms with E-state index in [2.05, 4.69) is 11.6 Å². The number of imidazole rings is 1. The smallest absolute Gasteiger partial charge is 0.421 e. The van der Waals surface area contributed by atoms with Crippen LogP contribution in [-0.4, -0.2) is 21.2 Å². The van der Waals surface area contributed by atoms with Gasteiger partial charge in [0, 0.05) is 19.8 Å². The van der Waals surface area contributed by atoms with Gasteiger partial charge in [-0.15, -0.1) is 4.57 Å². The fraction of sp³-hybridized carbons (Fsp3) is 0.174. The van der Waals surface area contributed by atoms with Crippen molar-refractivity contribution in [2.45, 2.75) is 20.4 Å². The van der Waals surface area contributed by atoms with Crippen LogP contribution in [0.15, 0.2) is 72.1 Å². The minimum absolute atomic E-state index is 0.273. The molecule has 9 nitrogen and oxygen atoms in total. The summed E-state index contributed by atoms with van der Waals surface area (Å²) in [4.78, 5) is 19.0. The summed E-state index contributed by atoms with van der Waals surface area (Å²) in [5.41, 5.74) is 8.53. The highest BCUT2D eigenvalue weighted by atomic mass is 16.5. The lowest BCUT2D eigenvalue weighted by Gasteiger charge is -2.21. The number of aryl methyl sites for hydroxylation is 2. The fourth-order valence-corrected chi connectivity index (χ4v) is 3.66. The molecule has 32 heavy (non-hydrogen) atoms. The number of anilines is 2. The zero-order valence-corrected chi connectivity index (χ0v) is 18.1. The molecule has 0 radical (unpaired) electrons. The monoisotopic (exact) mass is 432 g/mol. The first-order chi connectivity index (χ1) is 15.3. The molecule has 4 aromatic rings. The van der Waals surface area contributed by atoms with Crippen LogP contribution < -0.4 is 25.8 Å². The minimum Gasteiger partial charge on any atom is -0.711 e. The van der Waals surface area contributed by atoms with Gasteiger partial charge in [0.2, 0.25) is 0 Å². The van der Waals surface area contributed by atoms with Crippen LogP contribution in [0.2, 0.25) is 0 Å². The molecular weight excluding hydrogens is 408 g/mol. The number of benzene rings is 1. The molecular formula is C23H24N6O3. The number of nitrogens with zero attached hydrogens (tertiary/aromatic N) is 5. The van der Waals surface area contributed by atoms with Gasteiger partial charge in [-0.05, 0) is 68.5 Å². The average molecular weight is 432 g/mol. The first-order valence-electron chi connectivity index (χ1n) is 10.1. The van der Waals surface area contributed by atoms with Crippen LogP contribution in [0.3, 0.4) is 0 Å². The second-order valence-corrected chi connectivity index (χ2v) is 7.32. The predicted octanol–water partition coefficient (Wildman–Crippen LogP) is 2.72. The maximum atomic E-state index is 13.1. The molecule has 9 heteroatoms. The Morgan fingerprint density at radius 3 is 2.66 bits per heavy atom. The first-order valence-corrected chi connectivity index (χ1v) is 10.1. The maximum Gasteiger partial charge on any atom is 0.421 e. The van der Waals surface area contributed by atoms with Crippen LogP contribution in [0.5, 0.6) is 5.75 Å². The van der Waals surface area contributed by atoms with Crippen LogP contribution in [0.25, 0.3) is 16.9 Å². The summed E-state index contributed by atoms with van der Waals surface area (Å²) in [5, 5.41) is 12.5. The van der Waals surface area contributed by atoms with Gasteiger partial charge in [-0.1, -0.05) is 0 Å². The van der Waals surface area contributed by atoms with Crippen LogP contribution in [0, 0.1) is 12.1 Å². The van der Waals surface area contributed by atoms with Gasteiger partial charge in [0.05, 0.1) is 11.9 Å². The van der Waals surface area contributed by atoms with Crippen LogP contribution in [-0.2, 0) is 6.54 Å². The zero-order chi connectivity index (χ0) is 23.0. The molecule has 1 aromatic carbocycles. The standard InChI is InChI=1S/C23H24N6O3/c1-5-27-20-15(2)12-14-28(31)22(20)29(23(27)30)17-8-10-18(11-9-17)32-16(3)26(4)21-19(24)7-6-13-25-21/h6-14H,3,5,24H2,1-2,4H3. The van der Waals surface area contributed by atoms with E-state index in [1.54, 1.807) is 65.2 Å². The molecule has 3 aromatic heterocycles. The van der Waals surface area contributed by atoms with Gasteiger partial charge in [0.1, 0.15) is 17.0 Å². The summed E-state index contributed by atoms with van der Waals surface area (Å²) in [5.74, 6) is 1.37. The van der Waals surface area contributed by atoms with Crippen molar-refractivity contribution in [1.29, 1.82) is 0 Å². The molecule has 0 atom stereocenters. The van der Waals surface area contributed by atoms with E-state index in [-0.39, 0.29) is 5.69 Å². The molecule has 0 saturated heterocycles. The van der Waals surface area contributed by atoms with Gasteiger partial charge in [0.15, 0.2) is 11.7 Å². The fourth-order valence-electron chi connectivity index (χ4n) is 3.66. The van der Waals surface area contributed by atoms with Gasteiger partial charge < -0.3 is 15.7 Å². The molecule has 0 aliphatic rings. The molecule has 2 N–H and O–H groups in total. The van der Waals surface area contributed by atoms with Crippen molar-refractivity contribution in [3.63, 3.8) is 0 Å². The third-order valence-electron chi connectivity index (χ3n) is 5.31. The van der Waals surface area contributed by atoms with E-state index in [1.807, 2.05) is 13.8 Å². The second kappa shape index (κ2) is 8.10. The lowest BCUT2D eigenvalue weighted by atomic mass is 10.2. The summed E-state index contributed by atoms with van der Waals surface area (Å²) >= 11 is 0. The van der Waals surface area contributed by atoms with E-state index >= 15 is 0 Å². The number of nitrogen functional groups attached to an aromatic ring is 1. The Morgan fingerprint density at radius 1 is 1.28 bits per heavy atom. The van der Waals surface area contributed by atoms with Gasteiger partial charge >= 0.3 is 11.3 Å². The van der Waals surface area contributed by atoms with E-state index in [0.29, 0.717) is 51.3 Å². The van der Waals surface area contributed by atoms with Gasteiger partial charge in [-0.25, -0.2) is 14.5 Å². The van der Waals surface area contributed by atoms with Crippen molar-refractivity contribution >= 4 is 22.7 Å². The molecule has 0 amide bonds.